The number of thioether (sulfide) groups is 1. The van der Waals surface area contributed by atoms with Crippen LogP contribution in [0.15, 0.2) is 0 Å². The van der Waals surface area contributed by atoms with Crippen molar-refractivity contribution in [2.45, 2.75) is 142 Å². The molecule has 0 radical (unpaired) electrons. The van der Waals surface area contributed by atoms with Crippen molar-refractivity contribution in [1.29, 1.82) is 0 Å². The van der Waals surface area contributed by atoms with Gasteiger partial charge in [0.2, 0.25) is 0 Å². The zero-order valence-corrected chi connectivity index (χ0v) is 18.8. The van der Waals surface area contributed by atoms with Crippen LogP contribution in [-0.4, -0.2) is 11.5 Å². The van der Waals surface area contributed by atoms with Crippen molar-refractivity contribution in [3.8, 4) is 0 Å². The lowest BCUT2D eigenvalue weighted by Crippen LogP contribution is -1.87. The van der Waals surface area contributed by atoms with Gasteiger partial charge >= 0.3 is 0 Å². The first-order valence-electron chi connectivity index (χ1n) is 12.0. The Bertz CT molecular complexity index is 192. The zero-order chi connectivity index (χ0) is 18.3. The van der Waals surface area contributed by atoms with E-state index in [9.17, 15) is 0 Å². The minimum absolute atomic E-state index is 1.37. The molecule has 0 atom stereocenters. The highest BCUT2D eigenvalue weighted by atomic mass is 32.2. The van der Waals surface area contributed by atoms with Gasteiger partial charge < -0.3 is 0 Å². The van der Waals surface area contributed by atoms with E-state index in [0.717, 1.165) is 0 Å². The molecule has 152 valence electrons. The lowest BCUT2D eigenvalue weighted by atomic mass is 10.1. The number of hydrogen-bond acceptors (Lipinski definition) is 1. The maximum absolute atomic E-state index is 2.30. The van der Waals surface area contributed by atoms with E-state index in [1.807, 2.05) is 0 Å². The average Bonchev–Trinajstić information content (AvgIpc) is 2.63. The summed E-state index contributed by atoms with van der Waals surface area (Å²) in [6, 6.07) is 0. The van der Waals surface area contributed by atoms with Crippen molar-refractivity contribution in [3.63, 3.8) is 0 Å². The van der Waals surface area contributed by atoms with Gasteiger partial charge in [0, 0.05) is 0 Å². The Morgan fingerprint density at radius 2 is 0.560 bits per heavy atom. The summed E-state index contributed by atoms with van der Waals surface area (Å²) < 4.78 is 0. The standard InChI is InChI=1S/C24H50S/c1-3-5-7-9-11-13-14-15-16-18-20-22-24-25-23-21-19-17-12-10-8-6-4-2/h3-24H2,1-2H3. The fourth-order valence-electron chi connectivity index (χ4n) is 3.49. The molecule has 0 spiro atoms. The topological polar surface area (TPSA) is 0 Å². The maximum Gasteiger partial charge on any atom is -0.00675 e. The highest BCUT2D eigenvalue weighted by molar-refractivity contribution is 7.99. The Hall–Kier alpha value is 0.350. The molecule has 0 aromatic rings. The fraction of sp³-hybridized carbons (Fsp3) is 1.00. The van der Waals surface area contributed by atoms with Crippen molar-refractivity contribution in [2.75, 3.05) is 11.5 Å². The molecule has 0 aromatic heterocycles. The van der Waals surface area contributed by atoms with Crippen LogP contribution < -0.4 is 0 Å². The van der Waals surface area contributed by atoms with Crippen LogP contribution in [0.25, 0.3) is 0 Å². The molecule has 0 aliphatic heterocycles. The molecule has 0 aliphatic rings. The summed E-state index contributed by atoms with van der Waals surface area (Å²) in [7, 11) is 0. The van der Waals surface area contributed by atoms with E-state index >= 15 is 0 Å². The molecule has 0 fully saturated rings. The maximum atomic E-state index is 2.30. The van der Waals surface area contributed by atoms with Crippen LogP contribution in [0.3, 0.4) is 0 Å². The van der Waals surface area contributed by atoms with Crippen LogP contribution in [0.2, 0.25) is 0 Å². The minimum Gasteiger partial charge on any atom is -0.162 e. The van der Waals surface area contributed by atoms with Crippen LogP contribution in [0.1, 0.15) is 142 Å². The molecule has 25 heavy (non-hydrogen) atoms. The summed E-state index contributed by atoms with van der Waals surface area (Å²) in [6.45, 7) is 4.60. The molecule has 0 saturated heterocycles. The molecule has 0 saturated carbocycles. The van der Waals surface area contributed by atoms with Crippen molar-refractivity contribution in [2.24, 2.45) is 0 Å². The summed E-state index contributed by atoms with van der Waals surface area (Å²) >= 11 is 2.21. The number of rotatable bonds is 22. The monoisotopic (exact) mass is 370 g/mol. The van der Waals surface area contributed by atoms with E-state index in [-0.39, 0.29) is 0 Å². The summed E-state index contributed by atoms with van der Waals surface area (Å²) in [6.07, 6.45) is 29.2. The SMILES string of the molecule is CCCCCCCCCCCCCCSCCCCCCCCCC. The van der Waals surface area contributed by atoms with Crippen LogP contribution in [-0.2, 0) is 0 Å². The Morgan fingerprint density at radius 1 is 0.320 bits per heavy atom. The van der Waals surface area contributed by atoms with Crippen molar-refractivity contribution in [3.05, 3.63) is 0 Å². The summed E-state index contributed by atoms with van der Waals surface area (Å²) in [5, 5.41) is 0. The van der Waals surface area contributed by atoms with Gasteiger partial charge in [0.1, 0.15) is 0 Å². The smallest absolute Gasteiger partial charge is 0.00675 e. The van der Waals surface area contributed by atoms with E-state index in [2.05, 4.69) is 25.6 Å². The predicted octanol–water partition coefficient (Wildman–Crippen LogP) is 9.56. The van der Waals surface area contributed by atoms with Gasteiger partial charge in [-0.05, 0) is 24.3 Å². The Kier molecular flexibility index (Phi) is 24.7. The Labute approximate surface area is 165 Å². The highest BCUT2D eigenvalue weighted by Crippen LogP contribution is 2.15. The quantitative estimate of drug-likeness (QED) is 0.171. The van der Waals surface area contributed by atoms with E-state index in [1.54, 1.807) is 0 Å². The zero-order valence-electron chi connectivity index (χ0n) is 18.0. The first-order valence-corrected chi connectivity index (χ1v) is 13.1. The third-order valence-corrected chi connectivity index (χ3v) is 6.44. The third kappa shape index (κ3) is 24.4. The molecule has 0 bridgehead atoms. The van der Waals surface area contributed by atoms with E-state index < -0.39 is 0 Å². The van der Waals surface area contributed by atoms with Gasteiger partial charge in [0.25, 0.3) is 0 Å². The van der Waals surface area contributed by atoms with E-state index in [4.69, 9.17) is 0 Å². The summed E-state index contributed by atoms with van der Waals surface area (Å²) in [5.74, 6) is 2.82. The van der Waals surface area contributed by atoms with Gasteiger partial charge in [-0.2, -0.15) is 11.8 Å². The second-order valence-electron chi connectivity index (χ2n) is 7.98. The predicted molar refractivity (Wildman–Crippen MR) is 121 cm³/mol. The Balaban J connectivity index is 2.94. The molecule has 0 rings (SSSR count). The van der Waals surface area contributed by atoms with Crippen LogP contribution in [0, 0.1) is 0 Å². The van der Waals surface area contributed by atoms with Gasteiger partial charge in [0.05, 0.1) is 0 Å². The summed E-state index contributed by atoms with van der Waals surface area (Å²) in [4.78, 5) is 0. The lowest BCUT2D eigenvalue weighted by Gasteiger charge is -2.04. The molecule has 0 amide bonds. The molecule has 0 unspecified atom stereocenters. The molecule has 0 N–H and O–H groups in total. The van der Waals surface area contributed by atoms with Gasteiger partial charge in [-0.3, -0.25) is 0 Å². The van der Waals surface area contributed by atoms with Gasteiger partial charge in [0.15, 0.2) is 0 Å². The molecular weight excluding hydrogens is 320 g/mol. The molecule has 0 heterocycles. The average molecular weight is 371 g/mol. The minimum atomic E-state index is 1.37. The van der Waals surface area contributed by atoms with Gasteiger partial charge in [-0.1, -0.05) is 129 Å². The third-order valence-electron chi connectivity index (χ3n) is 5.28. The van der Waals surface area contributed by atoms with E-state index in [1.165, 1.54) is 140 Å². The first kappa shape index (κ1) is 25.4. The molecular formula is C24H50S. The van der Waals surface area contributed by atoms with E-state index in [0.29, 0.717) is 0 Å². The first-order chi connectivity index (χ1) is 12.4. The van der Waals surface area contributed by atoms with Crippen LogP contribution in [0.5, 0.6) is 0 Å². The van der Waals surface area contributed by atoms with Crippen molar-refractivity contribution < 1.29 is 0 Å². The van der Waals surface area contributed by atoms with Gasteiger partial charge in [-0.25, -0.2) is 0 Å². The number of unbranched alkanes of at least 4 members (excludes halogenated alkanes) is 18. The summed E-state index contributed by atoms with van der Waals surface area (Å²) in [5.41, 5.74) is 0. The largest absolute Gasteiger partial charge is 0.162 e. The van der Waals surface area contributed by atoms with Crippen LogP contribution in [0.4, 0.5) is 0 Å². The second-order valence-corrected chi connectivity index (χ2v) is 9.20. The van der Waals surface area contributed by atoms with Crippen LogP contribution >= 0.6 is 11.8 Å². The second kappa shape index (κ2) is 24.4. The molecule has 0 nitrogen and oxygen atoms in total. The molecule has 0 aliphatic carbocycles. The van der Waals surface area contributed by atoms with Crippen molar-refractivity contribution in [1.82, 2.24) is 0 Å². The lowest BCUT2D eigenvalue weighted by molar-refractivity contribution is 0.548. The fourth-order valence-corrected chi connectivity index (χ4v) is 4.51. The molecule has 0 aromatic carbocycles. The number of hydrogen-bond donors (Lipinski definition) is 0. The van der Waals surface area contributed by atoms with Gasteiger partial charge in [-0.15, -0.1) is 0 Å². The highest BCUT2D eigenvalue weighted by Gasteiger charge is 1.95. The normalized spacial score (nSPS) is 11.3. The Morgan fingerprint density at radius 3 is 0.840 bits per heavy atom. The molecule has 1 heteroatoms. The van der Waals surface area contributed by atoms with Crippen molar-refractivity contribution >= 4 is 11.8 Å².